The molecule has 4 heterocycles. The molecule has 0 unspecified atom stereocenters. The minimum Gasteiger partial charge on any atom is -0.510 e. The summed E-state index contributed by atoms with van der Waals surface area (Å²) in [6.45, 7) is 12.9. The minimum atomic E-state index is -0.250. The van der Waals surface area contributed by atoms with Gasteiger partial charge in [0.25, 0.3) is 0 Å². The molecule has 0 saturated carbocycles. The van der Waals surface area contributed by atoms with E-state index in [1.165, 1.54) is 22.0 Å². The Hall–Kier alpha value is -4.99. The van der Waals surface area contributed by atoms with Crippen LogP contribution in [-0.4, -0.2) is 15.4 Å². The fraction of sp³-hybridized carbons (Fsp3) is 0.200. The van der Waals surface area contributed by atoms with Crippen LogP contribution in [0.4, 0.5) is 0 Å². The quantitative estimate of drug-likeness (QED) is 0.162. The van der Waals surface area contributed by atoms with Crippen molar-refractivity contribution in [2.45, 2.75) is 59.1 Å². The zero-order chi connectivity index (χ0) is 34.3. The number of aromatic nitrogens is 2. The van der Waals surface area contributed by atoms with E-state index in [2.05, 4.69) is 131 Å². The standard InChI is InChI=1S/C45H37N3O2.Pt/c1-26-20-34-32-18-13-19-35-41(32)48(43(34)46-25-26)37-24-39(29(4)22-36(37)45(35,5)6)49-38-23-33(27(2)21-28(38)3)44-47-40(30-14-9-7-10-15-30)42(50-44)31-16-11-8-12-17-31;/h7-22,25,40,42H,1-6H3;/q-2;+2/t40-,42-;/m1./s1. The van der Waals surface area contributed by atoms with Gasteiger partial charge in [-0.2, -0.15) is 6.07 Å². The van der Waals surface area contributed by atoms with Crippen LogP contribution in [0.3, 0.4) is 0 Å². The number of ether oxygens (including phenoxy) is 2. The van der Waals surface area contributed by atoms with Crippen molar-refractivity contribution < 1.29 is 30.5 Å². The molecule has 0 spiro atoms. The molecule has 2 aliphatic rings. The molecule has 5 nitrogen and oxygen atoms in total. The Balaban J connectivity index is 0.00000374. The van der Waals surface area contributed by atoms with Crippen molar-refractivity contribution in [3.63, 3.8) is 0 Å². The van der Waals surface area contributed by atoms with E-state index >= 15 is 0 Å². The third-order valence-corrected chi connectivity index (χ3v) is 10.4. The third-order valence-electron chi connectivity index (χ3n) is 10.4. The molecule has 0 N–H and O–H groups in total. The molecule has 0 fully saturated rings. The molecule has 0 bridgehead atoms. The zero-order valence-electron chi connectivity index (χ0n) is 29.4. The van der Waals surface area contributed by atoms with E-state index in [1.54, 1.807) is 0 Å². The summed E-state index contributed by atoms with van der Waals surface area (Å²) < 4.78 is 15.8. The molecule has 0 aliphatic carbocycles. The number of para-hydroxylation sites is 1. The van der Waals surface area contributed by atoms with Crippen LogP contribution in [0.15, 0.2) is 108 Å². The molecule has 0 amide bonds. The molecule has 0 saturated heterocycles. The van der Waals surface area contributed by atoms with E-state index in [0.717, 1.165) is 55.7 Å². The largest absolute Gasteiger partial charge is 2.00 e. The summed E-state index contributed by atoms with van der Waals surface area (Å²) in [5.41, 5.74) is 12.5. The minimum absolute atomic E-state index is 0. The van der Waals surface area contributed by atoms with Crippen LogP contribution in [0.1, 0.15) is 76.1 Å². The van der Waals surface area contributed by atoms with E-state index in [-0.39, 0.29) is 38.6 Å². The van der Waals surface area contributed by atoms with E-state index in [4.69, 9.17) is 19.5 Å². The van der Waals surface area contributed by atoms with Crippen LogP contribution in [0, 0.1) is 39.8 Å². The number of hydrogen-bond acceptors (Lipinski definition) is 4. The maximum absolute atomic E-state index is 6.79. The summed E-state index contributed by atoms with van der Waals surface area (Å²) in [7, 11) is 0. The number of hydrogen-bond donors (Lipinski definition) is 0. The SMILES string of the molecule is Cc1cnc2c(c1)c1cccc3c1n2-c1[c-]c(Oc2[c-]c(C4=N[C@H](c5ccccc5)[C@@H](c5ccccc5)O4)c(C)cc2C)c(C)cc1C3(C)C.[Pt+2]. The van der Waals surface area contributed by atoms with E-state index < -0.39 is 0 Å². The van der Waals surface area contributed by atoms with Gasteiger partial charge in [0.1, 0.15) is 23.7 Å². The van der Waals surface area contributed by atoms with Gasteiger partial charge in [0.2, 0.25) is 0 Å². The number of aliphatic imine (C=N–C) groups is 1. The average Bonchev–Trinajstić information content (AvgIpc) is 3.70. The van der Waals surface area contributed by atoms with Crippen molar-refractivity contribution >= 4 is 27.8 Å². The Morgan fingerprint density at radius 2 is 1.41 bits per heavy atom. The van der Waals surface area contributed by atoms with E-state index in [0.29, 0.717) is 17.4 Å². The molecule has 2 atom stereocenters. The van der Waals surface area contributed by atoms with Gasteiger partial charge in [-0.3, -0.25) is 4.99 Å². The van der Waals surface area contributed by atoms with Gasteiger partial charge in [-0.1, -0.05) is 136 Å². The summed E-state index contributed by atoms with van der Waals surface area (Å²) in [6.07, 6.45) is 1.69. The van der Waals surface area contributed by atoms with Crippen molar-refractivity contribution in [2.24, 2.45) is 4.99 Å². The Kier molecular flexibility index (Phi) is 8.03. The van der Waals surface area contributed by atoms with Gasteiger partial charge in [0, 0.05) is 28.5 Å². The number of fused-ring (bicyclic) bond motifs is 5. The molecule has 2 aliphatic heterocycles. The smallest absolute Gasteiger partial charge is 0.510 e. The Bertz CT molecular complexity index is 2520. The molecule has 6 heteroatoms. The first-order valence-corrected chi connectivity index (χ1v) is 17.2. The van der Waals surface area contributed by atoms with E-state index in [1.807, 2.05) is 30.5 Å². The van der Waals surface area contributed by atoms with Crippen molar-refractivity contribution in [1.29, 1.82) is 0 Å². The van der Waals surface area contributed by atoms with Gasteiger partial charge in [-0.05, 0) is 40.7 Å². The number of pyridine rings is 1. The summed E-state index contributed by atoms with van der Waals surface area (Å²) in [6, 6.07) is 41.1. The third kappa shape index (κ3) is 5.24. The molecule has 5 aromatic carbocycles. The first-order chi connectivity index (χ1) is 24.2. The fourth-order valence-electron chi connectivity index (χ4n) is 7.82. The first kappa shape index (κ1) is 33.2. The van der Waals surface area contributed by atoms with Crippen molar-refractivity contribution in [2.75, 3.05) is 0 Å². The first-order valence-electron chi connectivity index (χ1n) is 17.2. The number of aryl methyl sites for hydroxylation is 4. The number of nitrogens with zero attached hydrogens (tertiary/aromatic N) is 3. The van der Waals surface area contributed by atoms with Gasteiger partial charge in [-0.25, -0.2) is 4.98 Å². The summed E-state index contributed by atoms with van der Waals surface area (Å²) in [5, 5.41) is 2.35. The molecule has 0 radical (unpaired) electrons. The molecular weight excluding hydrogens is 810 g/mol. The van der Waals surface area contributed by atoms with Crippen LogP contribution >= 0.6 is 0 Å². The Morgan fingerprint density at radius 1 is 0.725 bits per heavy atom. The van der Waals surface area contributed by atoms with Crippen LogP contribution in [0.2, 0.25) is 0 Å². The van der Waals surface area contributed by atoms with Gasteiger partial charge in [0.05, 0.1) is 5.52 Å². The molecule has 51 heavy (non-hydrogen) atoms. The number of rotatable bonds is 5. The summed E-state index contributed by atoms with van der Waals surface area (Å²) in [5.74, 6) is 1.86. The van der Waals surface area contributed by atoms with Gasteiger partial charge < -0.3 is 14.0 Å². The Labute approximate surface area is 313 Å². The molecule has 254 valence electrons. The second kappa shape index (κ2) is 12.4. The van der Waals surface area contributed by atoms with Crippen LogP contribution in [0.5, 0.6) is 11.5 Å². The predicted molar refractivity (Wildman–Crippen MR) is 200 cm³/mol. The second-order valence-corrected chi connectivity index (χ2v) is 14.3. The summed E-state index contributed by atoms with van der Waals surface area (Å²) >= 11 is 0. The van der Waals surface area contributed by atoms with Crippen molar-refractivity contribution in [3.8, 4) is 17.2 Å². The maximum atomic E-state index is 6.79. The maximum Gasteiger partial charge on any atom is 2.00 e. The Morgan fingerprint density at radius 3 is 2.16 bits per heavy atom. The molecule has 2 aromatic heterocycles. The van der Waals surface area contributed by atoms with Crippen LogP contribution in [-0.2, 0) is 31.2 Å². The normalized spacial score (nSPS) is 17.1. The molecule has 9 rings (SSSR count). The topological polar surface area (TPSA) is 48.6 Å². The second-order valence-electron chi connectivity index (χ2n) is 14.3. The average molecular weight is 847 g/mol. The van der Waals surface area contributed by atoms with Crippen LogP contribution in [0.25, 0.3) is 27.6 Å². The predicted octanol–water partition coefficient (Wildman–Crippen LogP) is 10.7. The zero-order valence-corrected chi connectivity index (χ0v) is 31.7. The van der Waals surface area contributed by atoms with Gasteiger partial charge in [0.15, 0.2) is 0 Å². The van der Waals surface area contributed by atoms with Crippen molar-refractivity contribution in [1.82, 2.24) is 9.55 Å². The monoisotopic (exact) mass is 846 g/mol. The van der Waals surface area contributed by atoms with Gasteiger partial charge >= 0.3 is 21.1 Å². The van der Waals surface area contributed by atoms with Crippen molar-refractivity contribution in [3.05, 3.63) is 165 Å². The van der Waals surface area contributed by atoms with Crippen LogP contribution < -0.4 is 4.74 Å². The molecule has 7 aromatic rings. The fourth-order valence-corrected chi connectivity index (χ4v) is 7.82. The molecular formula is C45H37N3O2Pt. The number of benzene rings is 5. The summed E-state index contributed by atoms with van der Waals surface area (Å²) in [4.78, 5) is 10.1. The van der Waals surface area contributed by atoms with E-state index in [9.17, 15) is 0 Å². The van der Waals surface area contributed by atoms with Gasteiger partial charge in [-0.15, -0.1) is 28.8 Å².